The molecule has 2 saturated carbocycles. The van der Waals surface area contributed by atoms with Crippen molar-refractivity contribution in [3.05, 3.63) is 34.7 Å². The van der Waals surface area contributed by atoms with Crippen LogP contribution in [-0.2, 0) is 25.6 Å². The van der Waals surface area contributed by atoms with Crippen LogP contribution in [0.1, 0.15) is 70.6 Å². The number of anilines is 1. The number of carbonyl (C=O) groups is 2. The van der Waals surface area contributed by atoms with E-state index in [0.717, 1.165) is 49.4 Å². The van der Waals surface area contributed by atoms with Crippen molar-refractivity contribution in [3.63, 3.8) is 0 Å². The molecule has 3 fully saturated rings. The van der Waals surface area contributed by atoms with Crippen LogP contribution in [0.2, 0.25) is 0 Å². The average Bonchev–Trinajstić information content (AvgIpc) is 3.11. The number of nitrogens with zero attached hydrogens (tertiary/aromatic N) is 2. The molecule has 9 heteroatoms. The second-order valence-electron chi connectivity index (χ2n) is 11.2. The molecule has 2 unspecified atom stereocenters. The van der Waals surface area contributed by atoms with Crippen LogP contribution < -0.4 is 16.3 Å². The first kappa shape index (κ1) is 26.8. The molecule has 1 amide bonds. The molecule has 2 N–H and O–H groups in total. The lowest BCUT2D eigenvalue weighted by molar-refractivity contribution is -0.130. The first-order valence-electron chi connectivity index (χ1n) is 14.2. The van der Waals surface area contributed by atoms with Crippen molar-refractivity contribution in [2.24, 2.45) is 5.92 Å². The highest BCUT2D eigenvalue weighted by Gasteiger charge is 2.44. The van der Waals surface area contributed by atoms with Gasteiger partial charge in [-0.3, -0.25) is 14.2 Å². The van der Waals surface area contributed by atoms with Gasteiger partial charge in [-0.25, -0.2) is 4.79 Å². The number of aromatic nitrogens is 2. The molecule has 1 aromatic carbocycles. The van der Waals surface area contributed by atoms with E-state index in [1.807, 2.05) is 24.3 Å². The minimum atomic E-state index is -0.977. The fraction of sp³-hybridized carbons (Fsp3) is 0.655. The van der Waals surface area contributed by atoms with E-state index in [2.05, 4.69) is 15.6 Å². The molecule has 1 aliphatic heterocycles. The predicted octanol–water partition coefficient (Wildman–Crippen LogP) is 3.58. The Morgan fingerprint density at radius 2 is 1.79 bits per heavy atom. The first-order chi connectivity index (χ1) is 18.5. The van der Waals surface area contributed by atoms with Gasteiger partial charge in [0.1, 0.15) is 30.1 Å². The Morgan fingerprint density at radius 3 is 2.53 bits per heavy atom. The number of rotatable bonds is 8. The molecule has 0 bridgehead atoms. The molecule has 5 rings (SSSR count). The van der Waals surface area contributed by atoms with Gasteiger partial charge in [-0.2, -0.15) is 4.98 Å². The van der Waals surface area contributed by atoms with Crippen molar-refractivity contribution in [1.82, 2.24) is 14.9 Å². The van der Waals surface area contributed by atoms with E-state index in [9.17, 15) is 14.4 Å². The van der Waals surface area contributed by atoms with E-state index in [-0.39, 0.29) is 30.6 Å². The van der Waals surface area contributed by atoms with E-state index in [4.69, 9.17) is 9.47 Å². The zero-order valence-electron chi connectivity index (χ0n) is 22.4. The Balaban J connectivity index is 1.47. The molecular formula is C29H40N4O5. The molecular weight excluding hydrogens is 484 g/mol. The van der Waals surface area contributed by atoms with Gasteiger partial charge in [-0.1, -0.05) is 57.1 Å². The van der Waals surface area contributed by atoms with Gasteiger partial charge in [-0.05, 0) is 43.7 Å². The molecule has 0 spiro atoms. The Bertz CT molecular complexity index is 1200. The zero-order chi connectivity index (χ0) is 26.5. The number of amides is 1. The average molecular weight is 525 g/mol. The third kappa shape index (κ3) is 5.64. The van der Waals surface area contributed by atoms with Crippen molar-refractivity contribution in [2.45, 2.75) is 94.9 Å². The fourth-order valence-electron chi connectivity index (χ4n) is 6.44. The van der Waals surface area contributed by atoms with Crippen molar-refractivity contribution in [2.75, 3.05) is 25.6 Å². The molecule has 38 heavy (non-hydrogen) atoms. The number of fused-ring (bicyclic) bond motifs is 1. The normalized spacial score (nSPS) is 24.3. The molecule has 2 aromatic rings. The van der Waals surface area contributed by atoms with Gasteiger partial charge in [0.2, 0.25) is 5.91 Å². The third-order valence-corrected chi connectivity index (χ3v) is 8.58. The molecule has 1 aromatic heterocycles. The number of hydrogen-bond donors (Lipinski definition) is 2. The lowest BCUT2D eigenvalue weighted by Crippen LogP contribution is -2.58. The van der Waals surface area contributed by atoms with Crippen LogP contribution in [0.25, 0.3) is 10.9 Å². The standard InChI is InChI=1S/C29H40N4O5/c1-37-19-24-25(23(34)18-38-24)30-27(35)29(15-9-2-3-10-16-29)32-26-21-13-7-8-14-22(21)33(28(36)31-26)17-20-11-5-4-6-12-20/h7-8,13-14,20,24-25H,2-6,9-12,15-19H2,1H3,(H,30,35)(H,31,32,36). The molecule has 1 saturated heterocycles. The molecule has 0 radical (unpaired) electrons. The molecule has 2 aliphatic carbocycles. The topological polar surface area (TPSA) is 112 Å². The molecule has 3 aliphatic rings. The van der Waals surface area contributed by atoms with E-state index in [1.165, 1.54) is 19.3 Å². The lowest BCUT2D eigenvalue weighted by atomic mass is 9.88. The number of Topliss-reactive ketones (excluding diaryl/α,β-unsaturated/α-hetero) is 1. The minimum absolute atomic E-state index is 0.0369. The number of carbonyl (C=O) groups excluding carboxylic acids is 2. The van der Waals surface area contributed by atoms with Crippen molar-refractivity contribution in [3.8, 4) is 0 Å². The van der Waals surface area contributed by atoms with Crippen LogP contribution in [0.4, 0.5) is 5.82 Å². The largest absolute Gasteiger partial charge is 0.382 e. The summed E-state index contributed by atoms with van der Waals surface area (Å²) < 4.78 is 12.6. The maximum absolute atomic E-state index is 13.9. The number of nitrogens with one attached hydrogen (secondary N) is 2. The number of benzene rings is 1. The summed E-state index contributed by atoms with van der Waals surface area (Å²) >= 11 is 0. The summed E-state index contributed by atoms with van der Waals surface area (Å²) in [4.78, 5) is 44.4. The Labute approximate surface area is 223 Å². The maximum atomic E-state index is 13.9. The Kier molecular flexibility index (Phi) is 8.43. The van der Waals surface area contributed by atoms with E-state index >= 15 is 0 Å². The molecule has 2 atom stereocenters. The summed E-state index contributed by atoms with van der Waals surface area (Å²) in [5.41, 5.74) is -0.431. The quantitative estimate of drug-likeness (QED) is 0.508. The van der Waals surface area contributed by atoms with Gasteiger partial charge in [0, 0.05) is 19.0 Å². The summed E-state index contributed by atoms with van der Waals surface area (Å²) in [7, 11) is 1.55. The molecule has 9 nitrogen and oxygen atoms in total. The fourth-order valence-corrected chi connectivity index (χ4v) is 6.44. The van der Waals surface area contributed by atoms with Crippen LogP contribution >= 0.6 is 0 Å². The summed E-state index contributed by atoms with van der Waals surface area (Å²) in [6.45, 7) is 0.857. The van der Waals surface area contributed by atoms with E-state index < -0.39 is 17.7 Å². The van der Waals surface area contributed by atoms with Crippen LogP contribution in [-0.4, -0.2) is 59.2 Å². The van der Waals surface area contributed by atoms with Crippen molar-refractivity contribution >= 4 is 28.4 Å². The second kappa shape index (κ2) is 11.9. The summed E-state index contributed by atoms with van der Waals surface area (Å²) in [6.07, 6.45) is 10.4. The van der Waals surface area contributed by atoms with Gasteiger partial charge < -0.3 is 20.1 Å². The molecule has 206 valence electrons. The summed E-state index contributed by atoms with van der Waals surface area (Å²) in [5.74, 6) is 0.514. The van der Waals surface area contributed by atoms with Crippen LogP contribution in [0.5, 0.6) is 0 Å². The number of methoxy groups -OCH3 is 1. The monoisotopic (exact) mass is 524 g/mol. The molecule has 2 heterocycles. The van der Waals surface area contributed by atoms with E-state index in [0.29, 0.717) is 31.1 Å². The van der Waals surface area contributed by atoms with E-state index in [1.54, 1.807) is 11.7 Å². The SMILES string of the molecule is COCC1OCC(=O)C1NC(=O)C1(Nc2nc(=O)n(CC3CCCCC3)c3ccccc23)CCCCCC1. The lowest BCUT2D eigenvalue weighted by Gasteiger charge is -2.35. The summed E-state index contributed by atoms with van der Waals surface area (Å²) in [5, 5.41) is 7.28. The van der Waals surface area contributed by atoms with Gasteiger partial charge in [0.15, 0.2) is 5.78 Å². The number of ketones is 1. The number of ether oxygens (including phenoxy) is 2. The Morgan fingerprint density at radius 1 is 1.08 bits per heavy atom. The zero-order valence-corrected chi connectivity index (χ0v) is 22.4. The van der Waals surface area contributed by atoms with Gasteiger partial charge in [0.05, 0.1) is 12.1 Å². The van der Waals surface area contributed by atoms with Crippen molar-refractivity contribution < 1.29 is 19.1 Å². The Hall–Kier alpha value is -2.78. The third-order valence-electron chi connectivity index (χ3n) is 8.58. The minimum Gasteiger partial charge on any atom is -0.382 e. The van der Waals surface area contributed by atoms with Crippen LogP contribution in [0, 0.1) is 5.92 Å². The number of hydrogen-bond acceptors (Lipinski definition) is 7. The van der Waals surface area contributed by atoms with Gasteiger partial charge in [-0.15, -0.1) is 0 Å². The predicted molar refractivity (Wildman–Crippen MR) is 145 cm³/mol. The first-order valence-corrected chi connectivity index (χ1v) is 14.2. The smallest absolute Gasteiger partial charge is 0.350 e. The van der Waals surface area contributed by atoms with Gasteiger partial charge in [0.25, 0.3) is 0 Å². The highest BCUT2D eigenvalue weighted by Crippen LogP contribution is 2.34. The maximum Gasteiger partial charge on any atom is 0.350 e. The number of para-hydroxylation sites is 1. The highest BCUT2D eigenvalue weighted by atomic mass is 16.5. The van der Waals surface area contributed by atoms with Gasteiger partial charge >= 0.3 is 5.69 Å². The highest BCUT2D eigenvalue weighted by molar-refractivity contribution is 5.98. The second-order valence-corrected chi connectivity index (χ2v) is 11.2. The van der Waals surface area contributed by atoms with Crippen molar-refractivity contribution in [1.29, 1.82) is 0 Å². The summed E-state index contributed by atoms with van der Waals surface area (Å²) in [6, 6.07) is 7.06. The van der Waals surface area contributed by atoms with Crippen LogP contribution in [0.3, 0.4) is 0 Å². The van der Waals surface area contributed by atoms with Crippen LogP contribution in [0.15, 0.2) is 29.1 Å².